The van der Waals surface area contributed by atoms with Crippen molar-refractivity contribution in [3.63, 3.8) is 0 Å². The fraction of sp³-hybridized carbons (Fsp3) is 0.257. The number of piperazine rings is 4. The van der Waals surface area contributed by atoms with Crippen LogP contribution in [0.4, 0.5) is 23.3 Å². The van der Waals surface area contributed by atoms with Gasteiger partial charge in [-0.05, 0) is 126 Å². The lowest BCUT2D eigenvalue weighted by Crippen LogP contribution is -2.52. The first-order valence-corrected chi connectivity index (χ1v) is 49.6. The number of Topliss-reactive ketones (excluding diaryl/α,β-unsaturated/α-hetero) is 4. The van der Waals surface area contributed by atoms with Gasteiger partial charge in [-0.25, -0.2) is 39.9 Å². The molecule has 4 amide bonds. The van der Waals surface area contributed by atoms with Crippen LogP contribution in [0.3, 0.4) is 0 Å². The van der Waals surface area contributed by atoms with E-state index in [0.29, 0.717) is 102 Å². The Hall–Kier alpha value is -17.7. The number of aromatic nitrogens is 16. The predicted octanol–water partition coefficient (Wildman–Crippen LogP) is 11.7. The molecule has 748 valence electrons. The van der Waals surface area contributed by atoms with Gasteiger partial charge in [0, 0.05) is 222 Å². The number of carbonyl (C=O) groups excluding carboxylic acids is 8. The molecule has 4 aromatic carbocycles. The van der Waals surface area contributed by atoms with Crippen molar-refractivity contribution in [1.29, 1.82) is 0 Å². The predicted molar refractivity (Wildman–Crippen MR) is 562 cm³/mol. The SMILES string of the molecule is C=CC(=O)N1C2CN[C@@H](C2)C1c1nc(-c2ccc(C(=O)Cc3ccccn3)cc2)c2c(N)nccn12.C=CC(=O)N1C2C[C@@H](C1c1nc(-c3ccc(C(=O)Cc4ccccn4)cc3)c3c(N)nccn13)N(C(C)C)C2.C=CC(=O)N1C2C[C@@H](C1c1nc(-c3ccc(C(=O)Cc4ccccn4)cc3)c3c(N)nccn13)N(C)C2.CC#CC(=O)N1C2CN[C@@H](C2)C1c1nc(-c2ccc(C(=O)Cc3ccccn3)cc2)c2c(N)nccn12. The number of anilines is 4. The first kappa shape index (κ1) is 97.4. The van der Waals surface area contributed by atoms with Crippen LogP contribution in [-0.4, -0.2) is 241 Å². The second-order valence-electron chi connectivity index (χ2n) is 38.6. The van der Waals surface area contributed by atoms with Gasteiger partial charge in [0.1, 0.15) is 116 Å². The van der Waals surface area contributed by atoms with Crippen molar-refractivity contribution < 1.29 is 38.4 Å². The number of imidazole rings is 4. The maximum atomic E-state index is 13.1. The van der Waals surface area contributed by atoms with Gasteiger partial charge in [-0.15, -0.1) is 0 Å². The average Bonchev–Trinajstić information content (AvgIpc) is 1.62. The molecule has 8 saturated heterocycles. The highest BCUT2D eigenvalue weighted by molar-refractivity contribution is 6.02. The number of benzene rings is 4. The minimum Gasteiger partial charge on any atom is -0.382 e. The summed E-state index contributed by atoms with van der Waals surface area (Å²) in [5.74, 6) is 9.22. The van der Waals surface area contributed by atoms with Crippen molar-refractivity contribution in [2.24, 2.45) is 0 Å². The van der Waals surface area contributed by atoms with Crippen molar-refractivity contribution >= 4 is 92.1 Å². The van der Waals surface area contributed by atoms with Crippen LogP contribution < -0.4 is 33.6 Å². The van der Waals surface area contributed by atoms with Crippen LogP contribution in [0, 0.1) is 11.8 Å². The minimum absolute atomic E-state index is 0.00819. The molecule has 149 heavy (non-hydrogen) atoms. The van der Waals surface area contributed by atoms with E-state index in [1.54, 1.807) is 92.9 Å². The maximum Gasteiger partial charge on any atom is 0.299 e. The molecule has 0 saturated carbocycles. The number of nitrogens with zero attached hydrogens (tertiary/aromatic N) is 22. The van der Waals surface area contributed by atoms with Gasteiger partial charge >= 0.3 is 0 Å². The number of likely N-dealkylation sites (N-methyl/N-ethyl adjacent to an activating group) is 1. The lowest BCUT2D eigenvalue weighted by Gasteiger charge is -2.41. The highest BCUT2D eigenvalue weighted by Gasteiger charge is 2.57. The molecule has 8 fully saturated rings. The third kappa shape index (κ3) is 18.4. The second-order valence-corrected chi connectivity index (χ2v) is 38.6. The number of nitrogens with two attached hydrogens (primary N) is 4. The molecule has 10 N–H and O–H groups in total. The molecule has 20 heterocycles. The number of carbonyl (C=O) groups is 8. The number of nitrogens with one attached hydrogen (secondary N) is 2. The molecule has 8 aliphatic rings. The van der Waals surface area contributed by atoms with Gasteiger partial charge in [0.25, 0.3) is 5.91 Å². The Balaban J connectivity index is 0.000000116. The van der Waals surface area contributed by atoms with Crippen LogP contribution in [-0.2, 0) is 44.9 Å². The van der Waals surface area contributed by atoms with Gasteiger partial charge in [-0.2, -0.15) is 0 Å². The normalized spacial score (nSPS) is 20.6. The zero-order chi connectivity index (χ0) is 103. The zero-order valence-electron chi connectivity index (χ0n) is 82.4. The summed E-state index contributed by atoms with van der Waals surface area (Å²) in [7, 11) is 2.08. The van der Waals surface area contributed by atoms with Gasteiger partial charge in [0.2, 0.25) is 17.7 Å². The number of rotatable bonds is 24. The van der Waals surface area contributed by atoms with Crippen LogP contribution >= 0.6 is 0 Å². The summed E-state index contributed by atoms with van der Waals surface area (Å²) < 4.78 is 7.75. The number of nitrogen functional groups attached to an aromatic ring is 4. The monoisotopic (exact) mass is 1980 g/mol. The van der Waals surface area contributed by atoms with Crippen molar-refractivity contribution in [3.8, 4) is 56.9 Å². The molecule has 36 nitrogen and oxygen atoms in total. The van der Waals surface area contributed by atoms with Crippen LogP contribution in [0.15, 0.2) is 282 Å². The van der Waals surface area contributed by atoms with Crippen LogP contribution in [0.5, 0.6) is 0 Å². The second kappa shape index (κ2) is 41.1. The lowest BCUT2D eigenvalue weighted by molar-refractivity contribution is -0.132. The van der Waals surface area contributed by atoms with Crippen molar-refractivity contribution in [2.75, 3.05) is 56.2 Å². The Morgan fingerprint density at radius 3 is 0.973 bits per heavy atom. The molecule has 8 bridgehead atoms. The van der Waals surface area contributed by atoms with Gasteiger partial charge in [-0.3, -0.25) is 85.7 Å². The molecular weight excluding hydrogens is 1880 g/mol. The molecule has 12 atom stereocenters. The summed E-state index contributed by atoms with van der Waals surface area (Å²) >= 11 is 0. The number of hydrogen-bond acceptors (Lipinski definition) is 28. The summed E-state index contributed by atoms with van der Waals surface area (Å²) in [5.41, 5.74) is 39.3. The summed E-state index contributed by atoms with van der Waals surface area (Å²) in [4.78, 5) is 170. The van der Waals surface area contributed by atoms with Crippen LogP contribution in [0.2, 0.25) is 0 Å². The Kier molecular flexibility index (Phi) is 26.9. The van der Waals surface area contributed by atoms with E-state index < -0.39 is 0 Å². The molecule has 0 aliphatic carbocycles. The number of ketones is 4. The molecule has 12 aromatic heterocycles. The molecule has 8 aliphatic heterocycles. The Morgan fingerprint density at radius 1 is 0.369 bits per heavy atom. The quantitative estimate of drug-likeness (QED) is 0.0186. The van der Waals surface area contributed by atoms with Gasteiger partial charge in [0.15, 0.2) is 23.1 Å². The number of amides is 4. The molecule has 8 unspecified atom stereocenters. The zero-order valence-corrected chi connectivity index (χ0v) is 82.4. The van der Waals surface area contributed by atoms with Gasteiger partial charge in [-0.1, -0.05) is 147 Å². The first-order valence-electron chi connectivity index (χ1n) is 49.6. The summed E-state index contributed by atoms with van der Waals surface area (Å²) in [5, 5.41) is 7.03. The van der Waals surface area contributed by atoms with Crippen LogP contribution in [0.1, 0.15) is 158 Å². The molecule has 36 heteroatoms. The number of hydrogen-bond donors (Lipinski definition) is 6. The number of pyridine rings is 4. The standard InChI is InChI=1S/C30H31N7O2.C28H27N7O2.C28H25N7O2.C27H25N7O2/c1-4-25(39)37-22-16-23(36(17-22)18(2)3)27(37)30-34-26(28-29(31)33-13-14-35(28)30)20-10-8-19(9-11-20)24(38)15-21-7-5-6-12-32-21;1-3-23(37)35-20-15-21(33(2)16-20)25(35)28-32-24(26-27(29)31-12-13-34(26)28)18-9-7-17(8-10-18)22(36)14-19-6-4-5-11-30-19;1-2-5-23(37)35-20-15-21(32-16-20)25(35)28-33-24(26-27(29)31-12-13-34(26)28)18-9-7-17(8-10-18)22(36)14-19-6-3-4-11-30-19;1-2-22(36)34-19-14-20(31-15-19)24(34)27-32-23(25-26(28)30-11-12-33(25)27)17-8-6-16(7-9-17)21(35)13-18-5-3-4-10-29-18/h4-14,18,22-23,27H,1,15-17H2,2-3H3,(H2,31,33);3-13,20-21,25H,1,14-16H2,2H3,(H2,29,31);3-4,6-13,20-21,25,32H,14-16H2,1H3,(H2,29,31);2-12,19-20,24,31H,1,13-15H2,(H2,28,30)/t22?,23-,27?;2*20?,21-,25?;19?,20-,24?/m0000/s1. The maximum absolute atomic E-state index is 13.1. The lowest BCUT2D eigenvalue weighted by atomic mass is 10.0. The van der Waals surface area contributed by atoms with Crippen LogP contribution in [0.25, 0.3) is 67.1 Å². The average molecular weight is 1990 g/mol. The fourth-order valence-electron chi connectivity index (χ4n) is 22.9. The van der Waals surface area contributed by atoms with Crippen molar-refractivity contribution in [2.45, 2.75) is 151 Å². The van der Waals surface area contributed by atoms with Gasteiger partial charge in [0.05, 0.1) is 25.7 Å². The number of fused-ring (bicyclic) bond motifs is 12. The topological polar surface area (TPSA) is 456 Å². The fourth-order valence-corrected chi connectivity index (χ4v) is 22.9. The van der Waals surface area contributed by atoms with E-state index in [1.165, 1.54) is 18.2 Å². The molecule has 24 rings (SSSR count). The Bertz CT molecular complexity index is 7990. The molecular formula is C113H108N28O8. The van der Waals surface area contributed by atoms with E-state index in [2.05, 4.69) is 113 Å². The largest absolute Gasteiger partial charge is 0.382 e. The molecule has 0 radical (unpaired) electrons. The highest BCUT2D eigenvalue weighted by Crippen LogP contribution is 2.50. The number of likely N-dealkylation sites (tertiary alicyclic amines) is 6. The summed E-state index contributed by atoms with van der Waals surface area (Å²) in [6, 6.07) is 51.7. The smallest absolute Gasteiger partial charge is 0.299 e. The third-order valence-corrected chi connectivity index (χ3v) is 29.6. The van der Waals surface area contributed by atoms with Crippen molar-refractivity contribution in [1.82, 2.24) is 117 Å². The summed E-state index contributed by atoms with van der Waals surface area (Å²) in [6.07, 6.45) is 29.2. The molecule has 16 aromatic rings. The van der Waals surface area contributed by atoms with E-state index in [0.717, 1.165) is 114 Å². The van der Waals surface area contributed by atoms with E-state index in [1.807, 2.05) is 195 Å². The van der Waals surface area contributed by atoms with E-state index in [4.69, 9.17) is 42.9 Å². The van der Waals surface area contributed by atoms with E-state index in [-0.39, 0.29) is 145 Å². The first-order chi connectivity index (χ1) is 72.4. The van der Waals surface area contributed by atoms with Crippen molar-refractivity contribution in [3.05, 3.63) is 351 Å². The highest BCUT2D eigenvalue weighted by atomic mass is 16.2. The molecule has 0 spiro atoms. The minimum atomic E-state index is -0.283. The Labute approximate surface area is 857 Å². The van der Waals surface area contributed by atoms with E-state index in [9.17, 15) is 38.4 Å². The summed E-state index contributed by atoms with van der Waals surface area (Å²) in [6.45, 7) is 20.4. The Morgan fingerprint density at radius 2 is 0.664 bits per heavy atom. The third-order valence-electron chi connectivity index (χ3n) is 29.6. The van der Waals surface area contributed by atoms with E-state index >= 15 is 0 Å². The van der Waals surface area contributed by atoms with Gasteiger partial charge < -0.3 is 53.2 Å².